The summed E-state index contributed by atoms with van der Waals surface area (Å²) in [5.74, 6) is 2.35. The second-order valence-corrected chi connectivity index (χ2v) is 11.3. The zero-order valence-corrected chi connectivity index (χ0v) is 21.8. The molecule has 38 heavy (non-hydrogen) atoms. The van der Waals surface area contributed by atoms with Crippen molar-refractivity contribution < 1.29 is 17.9 Å². The Morgan fingerprint density at radius 3 is 2.53 bits per heavy atom. The largest absolute Gasteiger partial charge is 0.454 e. The lowest BCUT2D eigenvalue weighted by atomic mass is 9.97. The van der Waals surface area contributed by atoms with Crippen molar-refractivity contribution in [3.8, 4) is 34.1 Å². The summed E-state index contributed by atoms with van der Waals surface area (Å²) in [7, 11) is -3.50. The van der Waals surface area contributed by atoms with Crippen LogP contribution in [0.2, 0.25) is 0 Å². The fourth-order valence-corrected chi connectivity index (χ4v) is 6.12. The lowest BCUT2D eigenvalue weighted by molar-refractivity contribution is 0.174. The molecule has 2 aromatic carbocycles. The first-order chi connectivity index (χ1) is 18.5. The monoisotopic (exact) mass is 528 g/mol. The molecular weight excluding hydrogens is 500 g/mol. The third-order valence-electron chi connectivity index (χ3n) is 6.95. The van der Waals surface area contributed by atoms with E-state index in [1.54, 1.807) is 10.4 Å². The first kappa shape index (κ1) is 24.4. The van der Waals surface area contributed by atoms with Crippen molar-refractivity contribution in [3.63, 3.8) is 0 Å². The molecule has 0 saturated carbocycles. The molecule has 2 aromatic heterocycles. The van der Waals surface area contributed by atoms with E-state index in [0.717, 1.165) is 45.5 Å². The number of pyridine rings is 1. The van der Waals surface area contributed by atoms with Gasteiger partial charge in [-0.3, -0.25) is 4.98 Å². The molecule has 0 bridgehead atoms. The Morgan fingerprint density at radius 2 is 1.74 bits per heavy atom. The minimum absolute atomic E-state index is 0.103. The van der Waals surface area contributed by atoms with E-state index >= 15 is 0 Å². The molecule has 0 spiro atoms. The molecule has 194 valence electrons. The molecule has 4 aromatic rings. The fraction of sp³-hybridized carbons (Fsp3) is 0.241. The number of aromatic nitrogens is 3. The average molecular weight is 529 g/mol. The van der Waals surface area contributed by atoms with Crippen molar-refractivity contribution in [3.05, 3.63) is 89.2 Å². The van der Waals surface area contributed by atoms with Crippen LogP contribution in [0.3, 0.4) is 0 Å². The molecule has 1 N–H and O–H groups in total. The topological polar surface area (TPSA) is 97.4 Å². The molecule has 1 saturated heterocycles. The van der Waals surface area contributed by atoms with Gasteiger partial charge in [0.25, 0.3) is 0 Å². The number of fused-ring (bicyclic) bond motifs is 1. The lowest BCUT2D eigenvalue weighted by Gasteiger charge is -2.29. The molecule has 2 aliphatic heterocycles. The Bertz CT molecular complexity index is 1590. The van der Waals surface area contributed by atoms with E-state index in [2.05, 4.69) is 4.98 Å². The van der Waals surface area contributed by atoms with Crippen LogP contribution in [0.15, 0.2) is 72.1 Å². The van der Waals surface area contributed by atoms with E-state index in [4.69, 9.17) is 19.4 Å². The number of benzene rings is 2. The molecule has 0 amide bonds. The molecule has 8 nitrogen and oxygen atoms in total. The van der Waals surface area contributed by atoms with E-state index in [1.165, 1.54) is 5.41 Å². The normalized spacial score (nSPS) is 16.3. The first-order valence-corrected chi connectivity index (χ1v) is 14.1. The van der Waals surface area contributed by atoms with Crippen molar-refractivity contribution in [1.29, 1.82) is 0 Å². The molecule has 6 rings (SSSR count). The van der Waals surface area contributed by atoms with Gasteiger partial charge in [-0.15, -0.1) is 0 Å². The number of hydrogen-bond donors (Lipinski definition) is 1. The molecule has 0 aliphatic carbocycles. The van der Waals surface area contributed by atoms with Gasteiger partial charge in [0.2, 0.25) is 16.8 Å². The number of rotatable bonds is 6. The van der Waals surface area contributed by atoms with Crippen molar-refractivity contribution in [2.75, 3.05) is 19.9 Å². The number of nitrogens with one attached hydrogen (secondary N) is 1. The zero-order chi connectivity index (χ0) is 26.1. The van der Waals surface area contributed by atoms with Gasteiger partial charge in [-0.1, -0.05) is 36.4 Å². The Hall–Kier alpha value is -3.95. The summed E-state index contributed by atoms with van der Waals surface area (Å²) in [4.78, 5) is 13.3. The van der Waals surface area contributed by atoms with Crippen LogP contribution in [0, 0.1) is 6.92 Å². The Balaban J connectivity index is 1.25. The number of imidazole rings is 1. The zero-order valence-electron chi connectivity index (χ0n) is 21.0. The number of H-pyrrole nitrogens is 1. The maximum absolute atomic E-state index is 12.9. The fourth-order valence-electron chi connectivity index (χ4n) is 4.90. The Kier molecular flexibility index (Phi) is 6.47. The van der Waals surface area contributed by atoms with Crippen LogP contribution >= 0.6 is 0 Å². The van der Waals surface area contributed by atoms with Crippen molar-refractivity contribution in [2.24, 2.45) is 0 Å². The van der Waals surface area contributed by atoms with E-state index in [0.29, 0.717) is 31.7 Å². The molecule has 9 heteroatoms. The SMILES string of the molecule is Cc1cccc(-c2[nH]c(C3CCN(S(=O)(=O)/C=C/c4ccccc4)CC3)nc2-c2ccc3c(c2)OCO3)n1. The van der Waals surface area contributed by atoms with Gasteiger partial charge in [0.05, 0.1) is 17.1 Å². The number of ether oxygens (including phenoxy) is 2. The van der Waals surface area contributed by atoms with E-state index < -0.39 is 10.0 Å². The van der Waals surface area contributed by atoms with Gasteiger partial charge in [-0.2, -0.15) is 4.31 Å². The molecular formula is C29H28N4O4S. The van der Waals surface area contributed by atoms with Crippen LogP contribution in [-0.2, 0) is 10.0 Å². The van der Waals surface area contributed by atoms with Crippen LogP contribution in [-0.4, -0.2) is 47.6 Å². The van der Waals surface area contributed by atoms with Gasteiger partial charge in [0, 0.05) is 35.7 Å². The molecule has 2 aliphatic rings. The number of nitrogens with zero attached hydrogens (tertiary/aromatic N) is 3. The van der Waals surface area contributed by atoms with Gasteiger partial charge in [-0.05, 0) is 61.7 Å². The van der Waals surface area contributed by atoms with E-state index in [1.807, 2.05) is 73.7 Å². The van der Waals surface area contributed by atoms with Gasteiger partial charge in [0.1, 0.15) is 5.82 Å². The van der Waals surface area contributed by atoms with Gasteiger partial charge < -0.3 is 14.5 Å². The average Bonchev–Trinajstić information content (AvgIpc) is 3.60. The number of hydrogen-bond acceptors (Lipinski definition) is 6. The second kappa shape index (κ2) is 10.1. The van der Waals surface area contributed by atoms with Gasteiger partial charge >= 0.3 is 0 Å². The minimum Gasteiger partial charge on any atom is -0.454 e. The third kappa shape index (κ3) is 4.94. The first-order valence-electron chi connectivity index (χ1n) is 12.6. The molecule has 0 unspecified atom stereocenters. The maximum atomic E-state index is 12.9. The number of piperidine rings is 1. The maximum Gasteiger partial charge on any atom is 0.236 e. The Morgan fingerprint density at radius 1 is 0.947 bits per heavy atom. The highest BCUT2D eigenvalue weighted by atomic mass is 32.2. The quantitative estimate of drug-likeness (QED) is 0.362. The van der Waals surface area contributed by atoms with Crippen LogP contribution in [0.5, 0.6) is 11.5 Å². The number of sulfonamides is 1. The molecule has 4 heterocycles. The summed E-state index contributed by atoms with van der Waals surface area (Å²) in [6.07, 6.45) is 2.99. The highest BCUT2D eigenvalue weighted by Gasteiger charge is 2.30. The number of aromatic amines is 1. The summed E-state index contributed by atoms with van der Waals surface area (Å²) in [6, 6.07) is 21.2. The Labute approximate surface area is 222 Å². The lowest BCUT2D eigenvalue weighted by Crippen LogP contribution is -2.36. The summed E-state index contributed by atoms with van der Waals surface area (Å²) in [5.41, 5.74) is 5.11. The highest BCUT2D eigenvalue weighted by molar-refractivity contribution is 7.92. The molecule has 1 fully saturated rings. The van der Waals surface area contributed by atoms with Crippen LogP contribution in [0.25, 0.3) is 28.7 Å². The second-order valence-electron chi connectivity index (χ2n) is 9.51. The molecule has 0 atom stereocenters. The van der Waals surface area contributed by atoms with Gasteiger partial charge in [-0.25, -0.2) is 13.4 Å². The smallest absolute Gasteiger partial charge is 0.236 e. The van der Waals surface area contributed by atoms with E-state index in [9.17, 15) is 8.42 Å². The highest BCUT2D eigenvalue weighted by Crippen LogP contribution is 2.39. The third-order valence-corrected chi connectivity index (χ3v) is 8.51. The summed E-state index contributed by atoms with van der Waals surface area (Å²) < 4.78 is 38.5. The predicted octanol–water partition coefficient (Wildman–Crippen LogP) is 5.36. The minimum atomic E-state index is -3.50. The summed E-state index contributed by atoms with van der Waals surface area (Å²) in [6.45, 7) is 3.04. The van der Waals surface area contributed by atoms with Crippen LogP contribution in [0.1, 0.15) is 35.8 Å². The van der Waals surface area contributed by atoms with E-state index in [-0.39, 0.29) is 12.7 Å². The molecule has 0 radical (unpaired) electrons. The van der Waals surface area contributed by atoms with Crippen LogP contribution < -0.4 is 9.47 Å². The van der Waals surface area contributed by atoms with Crippen molar-refractivity contribution in [2.45, 2.75) is 25.7 Å². The van der Waals surface area contributed by atoms with Crippen molar-refractivity contribution in [1.82, 2.24) is 19.3 Å². The summed E-state index contributed by atoms with van der Waals surface area (Å²) in [5, 5.41) is 1.30. The van der Waals surface area contributed by atoms with Crippen LogP contribution in [0.4, 0.5) is 0 Å². The summed E-state index contributed by atoms with van der Waals surface area (Å²) >= 11 is 0. The standard InChI is InChI=1S/C29H28N4O4S/c1-20-6-5-9-24(30-20)28-27(23-10-11-25-26(18-23)37-19-36-25)31-29(32-28)22-12-15-33(16-13-22)38(34,35)17-14-21-7-3-2-4-8-21/h2-11,14,17-18,22H,12-13,15-16,19H2,1H3,(H,31,32)/b17-14+. The number of aryl methyl sites for hydroxylation is 1. The van der Waals surface area contributed by atoms with Crippen molar-refractivity contribution >= 4 is 16.1 Å². The van der Waals surface area contributed by atoms with Gasteiger partial charge in [0.15, 0.2) is 11.5 Å². The predicted molar refractivity (Wildman–Crippen MR) is 146 cm³/mol.